The van der Waals surface area contributed by atoms with Gasteiger partial charge in [0.05, 0.1) is 19.8 Å². The summed E-state index contributed by atoms with van der Waals surface area (Å²) >= 11 is 0. The largest absolute Gasteiger partial charge is 0.405 e. The van der Waals surface area contributed by atoms with Crippen LogP contribution in [0, 0.1) is 5.41 Å². The maximum absolute atomic E-state index is 12.1. The summed E-state index contributed by atoms with van der Waals surface area (Å²) in [5, 5.41) is 5.33. The average Bonchev–Trinajstić information content (AvgIpc) is 2.40. The van der Waals surface area contributed by atoms with Crippen LogP contribution < -0.4 is 10.2 Å². The van der Waals surface area contributed by atoms with Crippen molar-refractivity contribution in [3.05, 3.63) is 0 Å². The van der Waals surface area contributed by atoms with Crippen LogP contribution in [0.3, 0.4) is 0 Å². The molecule has 0 bridgehead atoms. The van der Waals surface area contributed by atoms with E-state index in [2.05, 4.69) is 10.2 Å². The van der Waals surface area contributed by atoms with Crippen LogP contribution in [-0.2, 0) is 27.2 Å². The van der Waals surface area contributed by atoms with E-state index in [9.17, 15) is 9.13 Å². The van der Waals surface area contributed by atoms with Gasteiger partial charge in [-0.15, -0.1) is 0 Å². The molecule has 1 aliphatic heterocycles. The number of hydrogen-bond acceptors (Lipinski definition) is 6. The van der Waals surface area contributed by atoms with Crippen LogP contribution in [0.25, 0.3) is 0 Å². The van der Waals surface area contributed by atoms with Gasteiger partial charge in [-0.05, 0) is 6.92 Å². The molecule has 1 saturated heterocycles. The van der Waals surface area contributed by atoms with E-state index in [-0.39, 0.29) is 25.1 Å². The molecule has 0 spiro atoms. The smallest absolute Gasteiger partial charge is 0.300 e. The van der Waals surface area contributed by atoms with Crippen molar-refractivity contribution in [3.63, 3.8) is 0 Å². The van der Waals surface area contributed by atoms with Crippen LogP contribution in [0.5, 0.6) is 0 Å². The van der Waals surface area contributed by atoms with Gasteiger partial charge in [0.1, 0.15) is 0 Å². The predicted molar refractivity (Wildman–Crippen MR) is 75.5 cm³/mol. The first-order valence-electron chi connectivity index (χ1n) is 6.44. The second kappa shape index (κ2) is 7.47. The summed E-state index contributed by atoms with van der Waals surface area (Å²) in [4.78, 5) is 0. The van der Waals surface area contributed by atoms with Crippen LogP contribution in [0.1, 0.15) is 20.8 Å². The fourth-order valence-electron chi connectivity index (χ4n) is 1.41. The van der Waals surface area contributed by atoms with Gasteiger partial charge in [0, 0.05) is 25.6 Å². The highest BCUT2D eigenvalue weighted by Gasteiger charge is 2.36. The second-order valence-electron chi connectivity index (χ2n) is 5.12. The van der Waals surface area contributed by atoms with Crippen molar-refractivity contribution in [1.82, 2.24) is 10.2 Å². The Morgan fingerprint density at radius 3 is 2.40 bits per heavy atom. The predicted octanol–water partition coefficient (Wildman–Crippen LogP) is 2.14. The molecule has 120 valence electrons. The van der Waals surface area contributed by atoms with Gasteiger partial charge >= 0.3 is 15.5 Å². The Kier molecular flexibility index (Phi) is 6.83. The van der Waals surface area contributed by atoms with Gasteiger partial charge in [0.15, 0.2) is 0 Å². The van der Waals surface area contributed by atoms with Crippen molar-refractivity contribution >= 4 is 15.5 Å². The van der Waals surface area contributed by atoms with Gasteiger partial charge in [-0.2, -0.15) is 0 Å². The quantitative estimate of drug-likeness (QED) is 0.516. The van der Waals surface area contributed by atoms with Crippen LogP contribution in [0.15, 0.2) is 0 Å². The molecule has 1 fully saturated rings. The maximum Gasteiger partial charge on any atom is 0.405 e. The molecule has 0 amide bonds. The van der Waals surface area contributed by atoms with Crippen LogP contribution in [0.2, 0.25) is 0 Å². The Morgan fingerprint density at radius 2 is 1.90 bits per heavy atom. The monoisotopic (exact) mass is 330 g/mol. The molecule has 8 nitrogen and oxygen atoms in total. The van der Waals surface area contributed by atoms with Crippen molar-refractivity contribution < 1.29 is 27.2 Å². The van der Waals surface area contributed by atoms with E-state index < -0.39 is 15.5 Å². The van der Waals surface area contributed by atoms with Crippen molar-refractivity contribution in [2.45, 2.75) is 20.8 Å². The molecular formula is C10H24N2O6P2. The van der Waals surface area contributed by atoms with Gasteiger partial charge in [-0.25, -0.2) is 19.3 Å². The summed E-state index contributed by atoms with van der Waals surface area (Å²) < 4.78 is 44.3. The SMILES string of the molecule is CCOP(=O)(NCCNP1(=O)OCC(C)(C)CO1)OC. The Bertz CT molecular complexity index is 389. The van der Waals surface area contributed by atoms with Crippen molar-refractivity contribution in [1.29, 1.82) is 0 Å². The third-order valence-electron chi connectivity index (χ3n) is 2.53. The zero-order valence-corrected chi connectivity index (χ0v) is 14.2. The highest BCUT2D eigenvalue weighted by Crippen LogP contribution is 2.49. The third-order valence-corrected chi connectivity index (χ3v) is 5.76. The van der Waals surface area contributed by atoms with E-state index in [1.165, 1.54) is 7.11 Å². The molecule has 1 atom stereocenters. The van der Waals surface area contributed by atoms with Crippen LogP contribution in [-0.4, -0.2) is 40.0 Å². The van der Waals surface area contributed by atoms with Gasteiger partial charge in [-0.3, -0.25) is 13.6 Å². The first-order chi connectivity index (χ1) is 9.24. The van der Waals surface area contributed by atoms with Gasteiger partial charge < -0.3 is 4.52 Å². The van der Waals surface area contributed by atoms with E-state index in [1.807, 2.05) is 13.8 Å². The molecular weight excluding hydrogens is 306 g/mol. The lowest BCUT2D eigenvalue weighted by Gasteiger charge is -2.33. The summed E-state index contributed by atoms with van der Waals surface area (Å²) in [6.45, 7) is 7.13. The minimum atomic E-state index is -3.27. The molecule has 0 radical (unpaired) electrons. The Labute approximate surface area is 120 Å². The molecule has 2 N–H and O–H groups in total. The lowest BCUT2D eigenvalue weighted by molar-refractivity contribution is 0.0373. The molecule has 20 heavy (non-hydrogen) atoms. The average molecular weight is 330 g/mol. The first kappa shape index (κ1) is 18.3. The Morgan fingerprint density at radius 1 is 1.30 bits per heavy atom. The maximum atomic E-state index is 12.1. The molecule has 0 aromatic rings. The van der Waals surface area contributed by atoms with Gasteiger partial charge in [0.25, 0.3) is 0 Å². The minimum absolute atomic E-state index is 0.144. The number of nitrogens with one attached hydrogen (secondary N) is 2. The normalized spacial score (nSPS) is 24.2. The second-order valence-corrected chi connectivity index (χ2v) is 8.88. The summed E-state index contributed by atoms with van der Waals surface area (Å²) in [6.07, 6.45) is 0. The Balaban J connectivity index is 2.31. The van der Waals surface area contributed by atoms with E-state index in [0.717, 1.165) is 0 Å². The third kappa shape index (κ3) is 5.92. The molecule has 1 aliphatic rings. The first-order valence-corrected chi connectivity index (χ1v) is 9.52. The van der Waals surface area contributed by atoms with Gasteiger partial charge in [-0.1, -0.05) is 13.8 Å². The molecule has 10 heteroatoms. The highest BCUT2D eigenvalue weighted by molar-refractivity contribution is 7.52. The van der Waals surface area contributed by atoms with Crippen LogP contribution in [0.4, 0.5) is 0 Å². The standard InChI is InChI=1S/C10H24N2O6P2/c1-5-16-19(13,15-4)11-6-7-12-20(14)17-8-10(2,3)9-18-20/h5-9H2,1-4H3,(H,11,13)(H,12,14). The van der Waals surface area contributed by atoms with Crippen LogP contribution >= 0.6 is 15.5 Å². The minimum Gasteiger partial charge on any atom is -0.300 e. The lowest BCUT2D eigenvalue weighted by Crippen LogP contribution is -2.34. The Hall–Kier alpha value is 0.220. The molecule has 1 heterocycles. The molecule has 1 rings (SSSR count). The molecule has 0 aromatic carbocycles. The highest BCUT2D eigenvalue weighted by atomic mass is 31.2. The summed E-state index contributed by atoms with van der Waals surface area (Å²) in [5.74, 6) is 0. The fraction of sp³-hybridized carbons (Fsp3) is 1.00. The zero-order chi connectivity index (χ0) is 15.3. The fourth-order valence-corrected chi connectivity index (χ4v) is 4.14. The molecule has 0 saturated carbocycles. The van der Waals surface area contributed by atoms with E-state index in [0.29, 0.717) is 13.2 Å². The van der Waals surface area contributed by atoms with E-state index in [4.69, 9.17) is 18.1 Å². The van der Waals surface area contributed by atoms with Gasteiger partial charge in [0.2, 0.25) is 0 Å². The molecule has 0 aromatic heterocycles. The molecule has 1 unspecified atom stereocenters. The number of rotatable bonds is 8. The molecule has 0 aliphatic carbocycles. The summed E-state index contributed by atoms with van der Waals surface area (Å²) in [5.41, 5.74) is -0.144. The van der Waals surface area contributed by atoms with Crippen molar-refractivity contribution in [2.24, 2.45) is 5.41 Å². The topological polar surface area (TPSA) is 95.1 Å². The lowest BCUT2D eigenvalue weighted by atomic mass is 9.97. The van der Waals surface area contributed by atoms with Crippen molar-refractivity contribution in [2.75, 3.05) is 40.0 Å². The van der Waals surface area contributed by atoms with Crippen molar-refractivity contribution in [3.8, 4) is 0 Å². The number of hydrogen-bond donors (Lipinski definition) is 2. The zero-order valence-electron chi connectivity index (χ0n) is 12.4. The summed E-state index contributed by atoms with van der Waals surface area (Å²) in [6, 6.07) is 0. The van der Waals surface area contributed by atoms with E-state index >= 15 is 0 Å². The van der Waals surface area contributed by atoms with E-state index in [1.54, 1.807) is 6.92 Å². The summed E-state index contributed by atoms with van der Waals surface area (Å²) in [7, 11) is -5.23.